The van der Waals surface area contributed by atoms with E-state index >= 15 is 0 Å². The topological polar surface area (TPSA) is 70.2 Å². The molecule has 1 saturated heterocycles. The van der Waals surface area contributed by atoms with E-state index in [1.54, 1.807) is 0 Å². The Morgan fingerprint density at radius 1 is 1.41 bits per heavy atom. The maximum absolute atomic E-state index is 12.1. The highest BCUT2D eigenvalue weighted by Crippen LogP contribution is 2.21. The molecule has 1 aromatic heterocycles. The molecule has 3 rings (SSSR count). The van der Waals surface area contributed by atoms with Crippen molar-refractivity contribution in [2.24, 2.45) is 0 Å². The number of nitrogens with zero attached hydrogens (tertiary/aromatic N) is 2. The van der Waals surface area contributed by atoms with Gasteiger partial charge in [-0.3, -0.25) is 9.89 Å². The number of carbonyl (C=O) groups excluding carboxylic acids is 1. The maximum atomic E-state index is 12.1. The van der Waals surface area contributed by atoms with Gasteiger partial charge < -0.3 is 15.0 Å². The third kappa shape index (κ3) is 3.12. The van der Waals surface area contributed by atoms with Gasteiger partial charge in [-0.15, -0.1) is 0 Å². The number of H-pyrrole nitrogens is 1. The number of hydrogen-bond donors (Lipinski definition) is 2. The summed E-state index contributed by atoms with van der Waals surface area (Å²) in [4.78, 5) is 14.4. The van der Waals surface area contributed by atoms with Crippen molar-refractivity contribution in [1.29, 1.82) is 0 Å². The molecule has 1 fully saturated rings. The van der Waals surface area contributed by atoms with Crippen LogP contribution in [-0.4, -0.2) is 41.9 Å². The van der Waals surface area contributed by atoms with Crippen molar-refractivity contribution in [2.45, 2.75) is 20.0 Å². The van der Waals surface area contributed by atoms with E-state index in [0.717, 1.165) is 36.8 Å². The number of ether oxygens (including phenoxy) is 1. The number of aromatic nitrogens is 2. The second-order valence-corrected chi connectivity index (χ2v) is 5.54. The fourth-order valence-corrected chi connectivity index (χ4v) is 2.59. The largest absolute Gasteiger partial charge is 0.375 e. The lowest BCUT2D eigenvalue weighted by Crippen LogP contribution is -2.41. The number of aryl methyl sites for hydroxylation is 1. The van der Waals surface area contributed by atoms with E-state index in [-0.39, 0.29) is 12.0 Å². The summed E-state index contributed by atoms with van der Waals surface area (Å²) < 4.78 is 5.55. The van der Waals surface area contributed by atoms with Crippen molar-refractivity contribution in [3.63, 3.8) is 0 Å². The highest BCUT2D eigenvalue weighted by Gasteiger charge is 2.17. The molecule has 6 nitrogen and oxygen atoms in total. The quantitative estimate of drug-likeness (QED) is 0.911. The van der Waals surface area contributed by atoms with Crippen LogP contribution in [0.2, 0.25) is 0 Å². The second-order valence-electron chi connectivity index (χ2n) is 5.54. The Kier molecular flexibility index (Phi) is 4.11. The van der Waals surface area contributed by atoms with E-state index in [9.17, 15) is 4.79 Å². The summed E-state index contributed by atoms with van der Waals surface area (Å²) in [6.07, 6.45) is 1.78. The van der Waals surface area contributed by atoms with E-state index in [1.807, 2.05) is 31.2 Å². The summed E-state index contributed by atoms with van der Waals surface area (Å²) in [5.41, 5.74) is 3.24. The lowest BCUT2D eigenvalue weighted by Gasteiger charge is -2.33. The molecule has 1 atom stereocenters. The fraction of sp³-hybridized carbons (Fsp3) is 0.375. The Hall–Kier alpha value is -2.34. The first-order valence-corrected chi connectivity index (χ1v) is 7.41. The maximum Gasteiger partial charge on any atom is 0.259 e. The molecule has 0 aliphatic carbocycles. The van der Waals surface area contributed by atoms with Crippen LogP contribution in [0.25, 0.3) is 0 Å². The van der Waals surface area contributed by atoms with Crippen LogP contribution in [0, 0.1) is 6.92 Å². The predicted octanol–water partition coefficient (Wildman–Crippen LogP) is 2.20. The molecule has 6 heteroatoms. The number of carbonyl (C=O) groups is 1. The zero-order chi connectivity index (χ0) is 15.5. The van der Waals surface area contributed by atoms with E-state index in [1.165, 1.54) is 6.20 Å². The van der Waals surface area contributed by atoms with Gasteiger partial charge in [0.2, 0.25) is 0 Å². The third-order valence-electron chi connectivity index (χ3n) is 3.81. The number of aromatic amines is 1. The number of morpholine rings is 1. The summed E-state index contributed by atoms with van der Waals surface area (Å²) in [5.74, 6) is -0.154. The average Bonchev–Trinajstić information content (AvgIpc) is 2.94. The lowest BCUT2D eigenvalue weighted by molar-refractivity contribution is 0.0532. The van der Waals surface area contributed by atoms with Gasteiger partial charge in [-0.05, 0) is 38.1 Å². The number of nitrogens with one attached hydrogen (secondary N) is 2. The Labute approximate surface area is 129 Å². The van der Waals surface area contributed by atoms with E-state index in [4.69, 9.17) is 4.74 Å². The second kappa shape index (κ2) is 6.19. The highest BCUT2D eigenvalue weighted by atomic mass is 16.5. The Bertz CT molecular complexity index is 650. The van der Waals surface area contributed by atoms with Gasteiger partial charge in [-0.1, -0.05) is 0 Å². The van der Waals surface area contributed by atoms with Crippen LogP contribution in [0.15, 0.2) is 30.5 Å². The molecule has 116 valence electrons. The van der Waals surface area contributed by atoms with Crippen molar-refractivity contribution in [3.8, 4) is 0 Å². The number of benzene rings is 1. The summed E-state index contributed by atoms with van der Waals surface area (Å²) in [6.45, 7) is 6.43. The minimum atomic E-state index is -0.154. The normalized spacial score (nSPS) is 18.3. The van der Waals surface area contributed by atoms with E-state index in [0.29, 0.717) is 5.56 Å². The molecule has 2 N–H and O–H groups in total. The van der Waals surface area contributed by atoms with Crippen LogP contribution in [0.1, 0.15) is 23.0 Å². The number of rotatable bonds is 3. The zero-order valence-electron chi connectivity index (χ0n) is 12.8. The minimum Gasteiger partial charge on any atom is -0.375 e. The summed E-state index contributed by atoms with van der Waals surface area (Å²) >= 11 is 0. The summed E-state index contributed by atoms with van der Waals surface area (Å²) in [5, 5.41) is 9.51. The summed E-state index contributed by atoms with van der Waals surface area (Å²) in [6, 6.07) is 7.89. The van der Waals surface area contributed by atoms with E-state index < -0.39 is 0 Å². The molecule has 1 aliphatic rings. The van der Waals surface area contributed by atoms with Crippen molar-refractivity contribution < 1.29 is 9.53 Å². The van der Waals surface area contributed by atoms with Crippen molar-refractivity contribution >= 4 is 17.3 Å². The molecular weight excluding hydrogens is 280 g/mol. The SMILES string of the molecule is Cc1[nH]ncc1C(=O)Nc1ccc(N2CCO[C@H](C)C2)cc1. The Morgan fingerprint density at radius 3 is 2.82 bits per heavy atom. The van der Waals surface area contributed by atoms with Crippen LogP contribution in [-0.2, 0) is 4.74 Å². The molecule has 2 aromatic rings. The van der Waals surface area contributed by atoms with Crippen LogP contribution in [0.5, 0.6) is 0 Å². The number of hydrogen-bond acceptors (Lipinski definition) is 4. The molecule has 0 radical (unpaired) electrons. The first-order chi connectivity index (χ1) is 10.6. The average molecular weight is 300 g/mol. The molecule has 0 spiro atoms. The predicted molar refractivity (Wildman–Crippen MR) is 85.3 cm³/mol. The molecule has 0 bridgehead atoms. The molecule has 2 heterocycles. The van der Waals surface area contributed by atoms with Gasteiger partial charge in [0, 0.05) is 30.2 Å². The molecule has 1 aromatic carbocycles. The third-order valence-corrected chi connectivity index (χ3v) is 3.81. The van der Waals surface area contributed by atoms with Crippen molar-refractivity contribution in [3.05, 3.63) is 41.7 Å². The van der Waals surface area contributed by atoms with Gasteiger partial charge >= 0.3 is 0 Å². The smallest absolute Gasteiger partial charge is 0.259 e. The van der Waals surface area contributed by atoms with Gasteiger partial charge in [0.05, 0.1) is 24.5 Å². The lowest BCUT2D eigenvalue weighted by atomic mass is 10.2. The standard InChI is InChI=1S/C16H20N4O2/c1-11-10-20(7-8-22-11)14-5-3-13(4-6-14)18-16(21)15-9-17-19-12(15)2/h3-6,9,11H,7-8,10H2,1-2H3,(H,17,19)(H,18,21)/t11-/m1/s1. The molecule has 0 saturated carbocycles. The van der Waals surface area contributed by atoms with Gasteiger partial charge in [0.25, 0.3) is 5.91 Å². The minimum absolute atomic E-state index is 0.154. The molecule has 0 unspecified atom stereocenters. The Morgan fingerprint density at radius 2 is 2.18 bits per heavy atom. The molecule has 1 amide bonds. The first-order valence-electron chi connectivity index (χ1n) is 7.41. The number of anilines is 2. The highest BCUT2D eigenvalue weighted by molar-refractivity contribution is 6.04. The van der Waals surface area contributed by atoms with Gasteiger partial charge in [-0.25, -0.2) is 0 Å². The van der Waals surface area contributed by atoms with Crippen LogP contribution < -0.4 is 10.2 Å². The number of amides is 1. The van der Waals surface area contributed by atoms with Crippen LogP contribution in [0.4, 0.5) is 11.4 Å². The van der Waals surface area contributed by atoms with Crippen molar-refractivity contribution in [1.82, 2.24) is 10.2 Å². The van der Waals surface area contributed by atoms with Gasteiger partial charge in [0.15, 0.2) is 0 Å². The van der Waals surface area contributed by atoms with Gasteiger partial charge in [-0.2, -0.15) is 5.10 Å². The van der Waals surface area contributed by atoms with Crippen LogP contribution in [0.3, 0.4) is 0 Å². The van der Waals surface area contributed by atoms with Crippen LogP contribution >= 0.6 is 0 Å². The molecule has 1 aliphatic heterocycles. The summed E-state index contributed by atoms with van der Waals surface area (Å²) in [7, 11) is 0. The zero-order valence-corrected chi connectivity index (χ0v) is 12.8. The fourth-order valence-electron chi connectivity index (χ4n) is 2.59. The van der Waals surface area contributed by atoms with E-state index in [2.05, 4.69) is 27.3 Å². The first kappa shape index (κ1) is 14.6. The van der Waals surface area contributed by atoms with Gasteiger partial charge in [0.1, 0.15) is 0 Å². The molecule has 22 heavy (non-hydrogen) atoms. The van der Waals surface area contributed by atoms with Crippen molar-refractivity contribution in [2.75, 3.05) is 29.9 Å². The Balaban J connectivity index is 1.67. The monoisotopic (exact) mass is 300 g/mol. The molecular formula is C16H20N4O2.